The minimum Gasteiger partial charge on any atom is -0.457 e. The van der Waals surface area contributed by atoms with Crippen molar-refractivity contribution in [2.45, 2.75) is 70.1 Å². The van der Waals surface area contributed by atoms with Gasteiger partial charge in [-0.3, -0.25) is 8.98 Å². The summed E-state index contributed by atoms with van der Waals surface area (Å²) < 4.78 is 42.4. The molecule has 0 unspecified atom stereocenters. The molecule has 14 nitrogen and oxygen atoms in total. The summed E-state index contributed by atoms with van der Waals surface area (Å²) in [7, 11) is -4.50. The first-order valence-electron chi connectivity index (χ1n) is 13.6. The number of benzene rings is 2. The lowest BCUT2D eigenvalue weighted by Crippen LogP contribution is -2.47. The highest BCUT2D eigenvalue weighted by atomic mass is 32.2. The first-order valence-corrected chi connectivity index (χ1v) is 15.0. The number of para-hydroxylation sites is 1. The monoisotopic (exact) mass is 604 g/mol. The third-order valence-electron chi connectivity index (χ3n) is 7.01. The van der Waals surface area contributed by atoms with Crippen LogP contribution in [0.2, 0.25) is 0 Å². The number of amides is 1. The largest absolute Gasteiger partial charge is 0.457 e. The molecule has 2 heterocycles. The minimum atomic E-state index is -4.50. The highest BCUT2D eigenvalue weighted by molar-refractivity contribution is 7.85. The number of rotatable bonds is 14. The molecule has 1 saturated heterocycles. The zero-order valence-electron chi connectivity index (χ0n) is 23.3. The predicted octanol–water partition coefficient (Wildman–Crippen LogP) is 0.687. The molecule has 228 valence electrons. The number of ether oxygens (including phenoxy) is 2. The standard InChI is InChI=1S/C27H36N6O8S/c1-3-17(2)24(28)27(36)31-42(37,38)39-16-22-26(35)25(34)21(41-22)13-14-33-30-23(29-32-33)15-18-9-11-20(12-10-18)40-19-7-5-4-6-8-19/h4-12,17,21-22,24-26,34-35H,3,13-16,28H2,1-2H3,(H,31,36)/t17-,21-,22+,24-,25-,26+/m0/s1. The number of tetrazole rings is 1. The van der Waals surface area contributed by atoms with Crippen molar-refractivity contribution in [2.24, 2.45) is 11.7 Å². The average molecular weight is 605 g/mol. The molecule has 1 aliphatic rings. The van der Waals surface area contributed by atoms with Gasteiger partial charge in [-0.1, -0.05) is 50.6 Å². The number of aromatic nitrogens is 4. The molecular weight excluding hydrogens is 568 g/mol. The second-order valence-electron chi connectivity index (χ2n) is 10.1. The Morgan fingerprint density at radius 1 is 1.10 bits per heavy atom. The normalized spacial score (nSPS) is 22.0. The van der Waals surface area contributed by atoms with E-state index in [1.54, 1.807) is 11.6 Å². The summed E-state index contributed by atoms with van der Waals surface area (Å²) >= 11 is 0. The van der Waals surface area contributed by atoms with Crippen LogP contribution in [0.25, 0.3) is 0 Å². The van der Waals surface area contributed by atoms with Gasteiger partial charge in [-0.15, -0.1) is 10.2 Å². The van der Waals surface area contributed by atoms with Gasteiger partial charge in [0.2, 0.25) is 0 Å². The van der Waals surface area contributed by atoms with Crippen molar-refractivity contribution in [1.29, 1.82) is 0 Å². The van der Waals surface area contributed by atoms with Crippen LogP contribution in [-0.2, 0) is 37.0 Å². The number of carbonyl (C=O) groups excluding carboxylic acids is 1. The molecule has 1 amide bonds. The molecule has 1 fully saturated rings. The second kappa shape index (κ2) is 14.1. The molecule has 0 spiro atoms. The summed E-state index contributed by atoms with van der Waals surface area (Å²) in [6.07, 6.45) is -3.44. The van der Waals surface area contributed by atoms with Gasteiger partial charge in [0, 0.05) is 6.42 Å². The van der Waals surface area contributed by atoms with Crippen molar-refractivity contribution in [3.05, 3.63) is 66.0 Å². The van der Waals surface area contributed by atoms with Crippen LogP contribution in [0.15, 0.2) is 54.6 Å². The molecule has 42 heavy (non-hydrogen) atoms. The number of aryl methyl sites for hydroxylation is 1. The summed E-state index contributed by atoms with van der Waals surface area (Å²) in [6.45, 7) is 3.15. The second-order valence-corrected chi connectivity index (χ2v) is 11.5. The third kappa shape index (κ3) is 8.53. The van der Waals surface area contributed by atoms with Crippen molar-refractivity contribution in [3.63, 3.8) is 0 Å². The SMILES string of the molecule is CC[C@H](C)[C@H](N)C(=O)NS(=O)(=O)OC[C@H]1O[C@@H](CCn2nnc(Cc3ccc(Oc4ccccc4)cc3)n2)[C@H](O)[C@@H]1O. The maximum absolute atomic E-state index is 12.2. The maximum Gasteiger partial charge on any atom is 0.362 e. The van der Waals surface area contributed by atoms with Crippen LogP contribution in [0.5, 0.6) is 11.5 Å². The summed E-state index contributed by atoms with van der Waals surface area (Å²) in [5.41, 5.74) is 6.72. The number of nitrogens with one attached hydrogen (secondary N) is 1. The fourth-order valence-corrected chi connectivity index (χ4v) is 5.01. The molecule has 0 bridgehead atoms. The van der Waals surface area contributed by atoms with Gasteiger partial charge in [0.05, 0.1) is 25.3 Å². The summed E-state index contributed by atoms with van der Waals surface area (Å²) in [6, 6.07) is 16.0. The van der Waals surface area contributed by atoms with E-state index in [-0.39, 0.29) is 18.9 Å². The molecule has 2 aromatic carbocycles. The van der Waals surface area contributed by atoms with Gasteiger partial charge in [0.1, 0.15) is 29.8 Å². The molecule has 0 saturated carbocycles. The van der Waals surface area contributed by atoms with E-state index in [4.69, 9.17) is 19.4 Å². The quantitative estimate of drug-likeness (QED) is 0.201. The van der Waals surface area contributed by atoms with Gasteiger partial charge in [-0.2, -0.15) is 13.2 Å². The van der Waals surface area contributed by atoms with Crippen LogP contribution in [0.4, 0.5) is 0 Å². The average Bonchev–Trinajstić information content (AvgIpc) is 3.54. The van der Waals surface area contributed by atoms with Gasteiger partial charge < -0.3 is 25.4 Å². The number of hydrogen-bond donors (Lipinski definition) is 4. The Kier molecular flexibility index (Phi) is 10.6. The molecule has 5 N–H and O–H groups in total. The highest BCUT2D eigenvalue weighted by Gasteiger charge is 2.43. The molecule has 3 aromatic rings. The highest BCUT2D eigenvalue weighted by Crippen LogP contribution is 2.25. The fourth-order valence-electron chi connectivity index (χ4n) is 4.26. The zero-order valence-corrected chi connectivity index (χ0v) is 24.1. The Labute approximate surface area is 244 Å². The Morgan fingerprint density at radius 2 is 1.76 bits per heavy atom. The topological polar surface area (TPSA) is 201 Å². The van der Waals surface area contributed by atoms with Crippen molar-refractivity contribution < 1.29 is 37.1 Å². The Balaban J connectivity index is 1.23. The molecule has 6 atom stereocenters. The van der Waals surface area contributed by atoms with E-state index in [0.29, 0.717) is 24.4 Å². The molecule has 0 aliphatic carbocycles. The lowest BCUT2D eigenvalue weighted by atomic mass is 10.00. The van der Waals surface area contributed by atoms with Gasteiger partial charge in [-0.25, -0.2) is 4.72 Å². The van der Waals surface area contributed by atoms with Crippen LogP contribution in [0.1, 0.15) is 38.1 Å². The Bertz CT molecular complexity index is 1410. The van der Waals surface area contributed by atoms with Crippen LogP contribution in [0, 0.1) is 5.92 Å². The summed E-state index contributed by atoms with van der Waals surface area (Å²) in [5.74, 6) is 0.804. The van der Waals surface area contributed by atoms with E-state index in [0.717, 1.165) is 11.3 Å². The maximum atomic E-state index is 12.2. The van der Waals surface area contributed by atoms with E-state index >= 15 is 0 Å². The summed E-state index contributed by atoms with van der Waals surface area (Å²) in [4.78, 5) is 13.4. The Morgan fingerprint density at radius 3 is 2.45 bits per heavy atom. The van der Waals surface area contributed by atoms with Crippen LogP contribution in [-0.4, -0.2) is 81.8 Å². The lowest BCUT2D eigenvalue weighted by molar-refractivity contribution is -0.121. The van der Waals surface area contributed by atoms with Gasteiger partial charge in [-0.05, 0) is 47.4 Å². The molecule has 15 heteroatoms. The summed E-state index contributed by atoms with van der Waals surface area (Å²) in [5, 5.41) is 33.2. The van der Waals surface area contributed by atoms with E-state index in [1.807, 2.05) is 61.5 Å². The van der Waals surface area contributed by atoms with Crippen LogP contribution in [0.3, 0.4) is 0 Å². The van der Waals surface area contributed by atoms with E-state index in [1.165, 1.54) is 4.80 Å². The molecule has 4 rings (SSSR count). The fraction of sp³-hybridized carbons (Fsp3) is 0.481. The van der Waals surface area contributed by atoms with E-state index in [9.17, 15) is 23.4 Å². The number of nitrogens with two attached hydrogens (primary N) is 1. The zero-order chi connectivity index (χ0) is 30.3. The first kappa shape index (κ1) is 31.5. The number of hydrogen-bond acceptors (Lipinski definition) is 12. The van der Waals surface area contributed by atoms with E-state index in [2.05, 4.69) is 15.4 Å². The lowest BCUT2D eigenvalue weighted by Gasteiger charge is -2.18. The van der Waals surface area contributed by atoms with Crippen LogP contribution < -0.4 is 15.2 Å². The molecule has 1 aromatic heterocycles. The van der Waals surface area contributed by atoms with Gasteiger partial charge in [0.15, 0.2) is 5.82 Å². The predicted molar refractivity (Wildman–Crippen MR) is 149 cm³/mol. The Hall–Kier alpha value is -3.47. The number of aliphatic hydroxyl groups excluding tert-OH is 2. The molecule has 1 aliphatic heterocycles. The van der Waals surface area contributed by atoms with Crippen molar-refractivity contribution in [1.82, 2.24) is 24.9 Å². The van der Waals surface area contributed by atoms with Crippen molar-refractivity contribution >= 4 is 16.2 Å². The number of carbonyl (C=O) groups is 1. The van der Waals surface area contributed by atoms with E-state index < -0.39 is 53.3 Å². The third-order valence-corrected chi connectivity index (χ3v) is 7.90. The smallest absolute Gasteiger partial charge is 0.362 e. The van der Waals surface area contributed by atoms with Crippen LogP contribution >= 0.6 is 0 Å². The molecular formula is C27H36N6O8S. The van der Waals surface area contributed by atoms with Gasteiger partial charge >= 0.3 is 10.3 Å². The van der Waals surface area contributed by atoms with Gasteiger partial charge in [0.25, 0.3) is 5.91 Å². The number of nitrogens with zero attached hydrogens (tertiary/aromatic N) is 4. The van der Waals surface area contributed by atoms with Crippen molar-refractivity contribution in [2.75, 3.05) is 6.61 Å². The minimum absolute atomic E-state index is 0.212. The number of aliphatic hydroxyl groups is 2. The first-order chi connectivity index (χ1) is 20.0. The molecule has 0 radical (unpaired) electrons. The van der Waals surface area contributed by atoms with Crippen molar-refractivity contribution in [3.8, 4) is 11.5 Å².